The molecule has 0 bridgehead atoms. The highest BCUT2D eigenvalue weighted by atomic mass is 35.5. The summed E-state index contributed by atoms with van der Waals surface area (Å²) >= 11 is 0. The molecule has 0 saturated carbocycles. The zero-order chi connectivity index (χ0) is 11.0. The Hall–Kier alpha value is -0.280. The predicted molar refractivity (Wildman–Crippen MR) is 65.2 cm³/mol. The van der Waals surface area contributed by atoms with E-state index in [1.54, 1.807) is 13.8 Å². The fourth-order valence-electron chi connectivity index (χ4n) is 1.06. The molecule has 4 heteroatoms. The Balaban J connectivity index is 0. The van der Waals surface area contributed by atoms with E-state index in [1.165, 1.54) is 19.3 Å². The predicted octanol–water partition coefficient (Wildman–Crippen LogP) is 2.66. The third-order valence-corrected chi connectivity index (χ3v) is 2.01. The molecule has 0 aromatic heterocycles. The van der Waals surface area contributed by atoms with Gasteiger partial charge >= 0.3 is 5.97 Å². The first-order chi connectivity index (χ1) is 6.48. The van der Waals surface area contributed by atoms with Crippen LogP contribution in [0.3, 0.4) is 0 Å². The van der Waals surface area contributed by atoms with Gasteiger partial charge in [-0.1, -0.05) is 32.6 Å². The Morgan fingerprint density at radius 2 is 1.73 bits per heavy atom. The van der Waals surface area contributed by atoms with Crippen molar-refractivity contribution in [3.05, 3.63) is 0 Å². The van der Waals surface area contributed by atoms with Gasteiger partial charge in [0.2, 0.25) is 0 Å². The Morgan fingerprint density at radius 3 is 2.20 bits per heavy atom. The number of nitrogens with two attached hydrogens (primary N) is 1. The molecule has 0 aliphatic rings. The maximum Gasteiger partial charge on any atom is 0.325 e. The molecule has 0 aliphatic carbocycles. The first-order valence-electron chi connectivity index (χ1n) is 5.44. The molecule has 2 N–H and O–H groups in total. The van der Waals surface area contributed by atoms with Crippen LogP contribution in [-0.2, 0) is 9.53 Å². The van der Waals surface area contributed by atoms with Crippen LogP contribution in [-0.4, -0.2) is 18.1 Å². The van der Waals surface area contributed by atoms with Gasteiger partial charge in [-0.25, -0.2) is 0 Å². The van der Waals surface area contributed by atoms with Crippen LogP contribution in [0.5, 0.6) is 0 Å². The minimum atomic E-state index is -0.858. The van der Waals surface area contributed by atoms with Crippen LogP contribution in [0, 0.1) is 0 Å². The van der Waals surface area contributed by atoms with Crippen LogP contribution < -0.4 is 5.73 Å². The molecule has 0 atom stereocenters. The lowest BCUT2D eigenvalue weighted by Crippen LogP contribution is -2.42. The number of hydrogen-bond acceptors (Lipinski definition) is 3. The number of halogens is 1. The number of hydrogen-bond donors (Lipinski definition) is 1. The number of esters is 1. The summed E-state index contributed by atoms with van der Waals surface area (Å²) in [4.78, 5) is 11.2. The third kappa shape index (κ3) is 10.0. The summed E-state index contributed by atoms with van der Waals surface area (Å²) in [5, 5.41) is 0. The van der Waals surface area contributed by atoms with Crippen LogP contribution in [0.1, 0.15) is 52.9 Å². The Morgan fingerprint density at radius 1 is 1.20 bits per heavy atom. The van der Waals surface area contributed by atoms with Crippen LogP contribution in [0.25, 0.3) is 0 Å². The highest BCUT2D eigenvalue weighted by molar-refractivity contribution is 5.85. The maximum absolute atomic E-state index is 11.2. The fraction of sp³-hybridized carbons (Fsp3) is 0.909. The minimum Gasteiger partial charge on any atom is -0.464 e. The van der Waals surface area contributed by atoms with Crippen molar-refractivity contribution in [2.75, 3.05) is 6.61 Å². The molecule has 0 heterocycles. The quantitative estimate of drug-likeness (QED) is 0.547. The first-order valence-corrected chi connectivity index (χ1v) is 5.44. The summed E-state index contributed by atoms with van der Waals surface area (Å²) in [6.45, 7) is 6.00. The smallest absolute Gasteiger partial charge is 0.325 e. The lowest BCUT2D eigenvalue weighted by molar-refractivity contribution is -0.148. The largest absolute Gasteiger partial charge is 0.464 e. The number of rotatable bonds is 7. The van der Waals surface area contributed by atoms with E-state index in [2.05, 4.69) is 6.92 Å². The van der Waals surface area contributed by atoms with Crippen molar-refractivity contribution in [2.45, 2.75) is 58.4 Å². The number of unbranched alkanes of at least 4 members (excludes halogenated alkanes) is 4. The molecule has 0 aromatic carbocycles. The summed E-state index contributed by atoms with van der Waals surface area (Å²) in [6.07, 6.45) is 5.79. The van der Waals surface area contributed by atoms with Gasteiger partial charge in [-0.15, -0.1) is 12.4 Å². The van der Waals surface area contributed by atoms with Crippen molar-refractivity contribution in [2.24, 2.45) is 5.73 Å². The first kappa shape index (κ1) is 17.1. The van der Waals surface area contributed by atoms with Gasteiger partial charge in [0, 0.05) is 0 Å². The average Bonchev–Trinajstić information content (AvgIpc) is 2.09. The van der Waals surface area contributed by atoms with Gasteiger partial charge in [0.25, 0.3) is 0 Å². The summed E-state index contributed by atoms with van der Waals surface area (Å²) in [6, 6.07) is 0. The second-order valence-corrected chi connectivity index (χ2v) is 4.27. The van der Waals surface area contributed by atoms with Crippen molar-refractivity contribution in [3.63, 3.8) is 0 Å². The number of ether oxygens (including phenoxy) is 1. The molecular formula is C11H24ClNO2. The molecule has 0 aliphatic heterocycles. The molecule has 0 aromatic rings. The highest BCUT2D eigenvalue weighted by Gasteiger charge is 2.23. The lowest BCUT2D eigenvalue weighted by atomic mass is 10.1. The van der Waals surface area contributed by atoms with Crippen molar-refractivity contribution < 1.29 is 9.53 Å². The van der Waals surface area contributed by atoms with Gasteiger partial charge in [0.15, 0.2) is 0 Å². The molecule has 0 unspecified atom stereocenters. The van der Waals surface area contributed by atoms with Crippen LogP contribution >= 0.6 is 12.4 Å². The third-order valence-electron chi connectivity index (χ3n) is 2.01. The van der Waals surface area contributed by atoms with Crippen LogP contribution in [0.15, 0.2) is 0 Å². The molecule has 0 amide bonds. The molecule has 0 radical (unpaired) electrons. The average molecular weight is 238 g/mol. The second kappa shape index (κ2) is 8.98. The Labute approximate surface area is 99.2 Å². The Kier molecular flexibility index (Phi) is 10.3. The SMILES string of the molecule is CCCCCCCOC(=O)C(C)(C)N.Cl. The summed E-state index contributed by atoms with van der Waals surface area (Å²) < 4.78 is 5.02. The number of carbonyl (C=O) groups excluding carboxylic acids is 1. The van der Waals surface area contributed by atoms with E-state index in [9.17, 15) is 4.79 Å². The van der Waals surface area contributed by atoms with E-state index in [-0.39, 0.29) is 18.4 Å². The molecule has 0 fully saturated rings. The van der Waals surface area contributed by atoms with E-state index in [1.807, 2.05) is 0 Å². The summed E-state index contributed by atoms with van der Waals surface area (Å²) in [5.41, 5.74) is 4.71. The maximum atomic E-state index is 11.2. The topological polar surface area (TPSA) is 52.3 Å². The fourth-order valence-corrected chi connectivity index (χ4v) is 1.06. The van der Waals surface area contributed by atoms with Crippen LogP contribution in [0.4, 0.5) is 0 Å². The van der Waals surface area contributed by atoms with Gasteiger partial charge in [0.05, 0.1) is 6.61 Å². The minimum absolute atomic E-state index is 0. The van der Waals surface area contributed by atoms with Gasteiger partial charge in [-0.3, -0.25) is 4.79 Å². The van der Waals surface area contributed by atoms with E-state index < -0.39 is 5.54 Å². The molecule has 0 saturated heterocycles. The monoisotopic (exact) mass is 237 g/mol. The van der Waals surface area contributed by atoms with Gasteiger partial charge in [-0.05, 0) is 20.3 Å². The van der Waals surface area contributed by atoms with Crippen molar-refractivity contribution in [1.82, 2.24) is 0 Å². The summed E-state index contributed by atoms with van der Waals surface area (Å²) in [7, 11) is 0. The van der Waals surface area contributed by atoms with E-state index in [4.69, 9.17) is 10.5 Å². The van der Waals surface area contributed by atoms with E-state index in [0.717, 1.165) is 12.8 Å². The van der Waals surface area contributed by atoms with Crippen LogP contribution in [0.2, 0.25) is 0 Å². The Bertz CT molecular complexity index is 166. The second-order valence-electron chi connectivity index (χ2n) is 4.27. The van der Waals surface area contributed by atoms with Gasteiger partial charge in [-0.2, -0.15) is 0 Å². The van der Waals surface area contributed by atoms with E-state index in [0.29, 0.717) is 6.61 Å². The molecule has 92 valence electrons. The molecular weight excluding hydrogens is 214 g/mol. The van der Waals surface area contributed by atoms with Crippen molar-refractivity contribution >= 4 is 18.4 Å². The van der Waals surface area contributed by atoms with Gasteiger partial charge in [0.1, 0.15) is 5.54 Å². The molecule has 3 nitrogen and oxygen atoms in total. The summed E-state index contributed by atoms with van der Waals surface area (Å²) in [5.74, 6) is -0.312. The normalized spacial score (nSPS) is 10.7. The van der Waals surface area contributed by atoms with Crippen molar-refractivity contribution in [3.8, 4) is 0 Å². The molecule has 15 heavy (non-hydrogen) atoms. The molecule has 0 spiro atoms. The molecule has 0 rings (SSSR count). The zero-order valence-corrected chi connectivity index (χ0v) is 10.9. The number of carbonyl (C=O) groups is 1. The standard InChI is InChI=1S/C11H23NO2.ClH/c1-4-5-6-7-8-9-14-10(13)11(2,3)12;/h4-9,12H2,1-3H3;1H. The van der Waals surface area contributed by atoms with E-state index >= 15 is 0 Å². The van der Waals surface area contributed by atoms with Crippen molar-refractivity contribution in [1.29, 1.82) is 0 Å². The van der Waals surface area contributed by atoms with Gasteiger partial charge < -0.3 is 10.5 Å². The zero-order valence-electron chi connectivity index (χ0n) is 10.0. The lowest BCUT2D eigenvalue weighted by Gasteiger charge is -2.16. The highest BCUT2D eigenvalue weighted by Crippen LogP contribution is 2.04.